The summed E-state index contributed by atoms with van der Waals surface area (Å²) in [6.45, 7) is 5.39. The summed E-state index contributed by atoms with van der Waals surface area (Å²) in [4.78, 5) is 16.6. The molecule has 0 saturated carbocycles. The summed E-state index contributed by atoms with van der Waals surface area (Å²) in [7, 11) is 0. The molecule has 0 radical (unpaired) electrons. The van der Waals surface area contributed by atoms with E-state index in [0.29, 0.717) is 17.7 Å². The predicted molar refractivity (Wildman–Crippen MR) is 128 cm³/mol. The topological polar surface area (TPSA) is 70.2 Å². The van der Waals surface area contributed by atoms with Gasteiger partial charge in [-0.3, -0.25) is 4.79 Å². The molecule has 1 atom stereocenters. The molecule has 0 amide bonds. The summed E-state index contributed by atoms with van der Waals surface area (Å²) in [5.41, 5.74) is -1.79. The molecule has 206 valence electrons. The molecule has 0 saturated heterocycles. The molecule has 0 fully saturated rings. The molecule has 4 aromatic rings. The third-order valence-corrected chi connectivity index (χ3v) is 6.36. The molecule has 6 nitrogen and oxygen atoms in total. The maximum absolute atomic E-state index is 13.3. The number of alkyl halides is 6. The molecule has 39 heavy (non-hydrogen) atoms. The van der Waals surface area contributed by atoms with Gasteiger partial charge in [0.15, 0.2) is 0 Å². The average Bonchev–Trinajstić information content (AvgIpc) is 3.52. The summed E-state index contributed by atoms with van der Waals surface area (Å²) in [5.74, 6) is -0.805. The van der Waals surface area contributed by atoms with E-state index in [1.807, 2.05) is 16.7 Å². The molecule has 5 rings (SSSR count). The van der Waals surface area contributed by atoms with Gasteiger partial charge >= 0.3 is 18.3 Å². The quantitative estimate of drug-likeness (QED) is 0.193. The Morgan fingerprint density at radius 1 is 0.974 bits per heavy atom. The Hall–Kier alpha value is -3.83. The van der Waals surface area contributed by atoms with Crippen molar-refractivity contribution in [2.75, 3.05) is 0 Å². The zero-order chi connectivity index (χ0) is 28.3. The minimum atomic E-state index is -5.00. The lowest BCUT2D eigenvalue weighted by Gasteiger charge is -2.22. The van der Waals surface area contributed by atoms with Crippen LogP contribution in [0.1, 0.15) is 56.5 Å². The smallest absolute Gasteiger partial charge is 0.416 e. The van der Waals surface area contributed by atoms with Crippen LogP contribution in [0.4, 0.5) is 26.3 Å². The fraction of sp³-hybridized carbons (Fsp3) is 0.370. The van der Waals surface area contributed by atoms with Crippen LogP contribution >= 0.6 is 0 Å². The second-order valence-electron chi connectivity index (χ2n) is 10.5. The van der Waals surface area contributed by atoms with Crippen molar-refractivity contribution in [3.05, 3.63) is 59.3 Å². The van der Waals surface area contributed by atoms with Gasteiger partial charge in [0.1, 0.15) is 5.60 Å². The fourth-order valence-electron chi connectivity index (χ4n) is 4.79. The van der Waals surface area contributed by atoms with Crippen molar-refractivity contribution in [3.63, 3.8) is 0 Å². The molecule has 0 N–H and O–H groups in total. The summed E-state index contributed by atoms with van der Waals surface area (Å²) in [5, 5.41) is 4.71. The van der Waals surface area contributed by atoms with E-state index < -0.39 is 40.5 Å². The summed E-state index contributed by atoms with van der Waals surface area (Å²) < 4.78 is 92.3. The van der Waals surface area contributed by atoms with E-state index in [1.54, 1.807) is 32.9 Å². The number of hydrogen-bond donors (Lipinski definition) is 0. The van der Waals surface area contributed by atoms with Gasteiger partial charge in [0.25, 0.3) is 5.89 Å². The number of fused-ring (bicyclic) bond motifs is 3. The number of hydrogen-bond acceptors (Lipinski definition) is 5. The van der Waals surface area contributed by atoms with Crippen molar-refractivity contribution in [3.8, 4) is 22.8 Å². The van der Waals surface area contributed by atoms with Crippen LogP contribution in [0.2, 0.25) is 0 Å². The van der Waals surface area contributed by atoms with Crippen molar-refractivity contribution in [1.82, 2.24) is 14.7 Å². The third-order valence-electron chi connectivity index (χ3n) is 6.36. The number of benzene rings is 2. The largest absolute Gasteiger partial charge is 0.460 e. The molecule has 0 spiro atoms. The standard InChI is InChI=1S/C27H23F6N3O3/c1-25(2,3)38-22(37)13-20-7-6-19-10-14-4-5-15(11-21(14)36(19)20)23-34-24(39-35-23)16-8-17(26(28,29)30)12-18(9-16)27(31,32)33/h4-5,8-12,20H,6-7,13H2,1-3H3. The molecule has 1 unspecified atom stereocenters. The van der Waals surface area contributed by atoms with Gasteiger partial charge in [-0.2, -0.15) is 31.3 Å². The molecular weight excluding hydrogens is 528 g/mol. The first-order valence-corrected chi connectivity index (χ1v) is 12.1. The SMILES string of the molecule is CC(C)(C)OC(=O)CC1CCc2cc3ccc(-c4noc(-c5cc(C(F)(F)F)cc(C(F)(F)F)c5)n4)cc3n21. The molecule has 0 aliphatic carbocycles. The number of carbonyl (C=O) groups excluding carboxylic acids is 1. The molecule has 2 aromatic carbocycles. The van der Waals surface area contributed by atoms with Crippen molar-refractivity contribution < 1.29 is 40.4 Å². The van der Waals surface area contributed by atoms with Gasteiger partial charge in [-0.1, -0.05) is 17.3 Å². The molecule has 12 heteroatoms. The van der Waals surface area contributed by atoms with E-state index in [-0.39, 0.29) is 30.3 Å². The number of nitrogens with zero attached hydrogens (tertiary/aromatic N) is 3. The molecule has 1 aliphatic rings. The Labute approximate surface area is 218 Å². The van der Waals surface area contributed by atoms with Crippen LogP contribution in [-0.4, -0.2) is 26.3 Å². The highest BCUT2D eigenvalue weighted by Crippen LogP contribution is 2.40. The Morgan fingerprint density at radius 2 is 1.64 bits per heavy atom. The number of halogens is 6. The Balaban J connectivity index is 1.49. The van der Waals surface area contributed by atoms with Crippen LogP contribution in [0, 0.1) is 0 Å². The third kappa shape index (κ3) is 5.50. The number of aromatic nitrogens is 3. The van der Waals surface area contributed by atoms with Crippen LogP contribution in [-0.2, 0) is 28.3 Å². The number of ether oxygens (including phenoxy) is 1. The number of aryl methyl sites for hydroxylation is 1. The first-order chi connectivity index (χ1) is 18.1. The molecule has 0 bridgehead atoms. The molecule has 1 aliphatic heterocycles. The highest BCUT2D eigenvalue weighted by Gasteiger charge is 2.37. The van der Waals surface area contributed by atoms with E-state index in [0.717, 1.165) is 29.4 Å². The van der Waals surface area contributed by atoms with E-state index in [9.17, 15) is 31.1 Å². The maximum Gasteiger partial charge on any atom is 0.416 e. The minimum absolute atomic E-state index is 0.00453. The summed E-state index contributed by atoms with van der Waals surface area (Å²) in [6, 6.07) is 8.24. The lowest BCUT2D eigenvalue weighted by Crippen LogP contribution is -2.25. The van der Waals surface area contributed by atoms with Crippen molar-refractivity contribution in [1.29, 1.82) is 0 Å². The average molecular weight is 551 g/mol. The van der Waals surface area contributed by atoms with E-state index in [1.165, 1.54) is 0 Å². The first kappa shape index (κ1) is 26.8. The number of esters is 1. The van der Waals surface area contributed by atoms with Crippen LogP contribution in [0.3, 0.4) is 0 Å². The highest BCUT2D eigenvalue weighted by atomic mass is 19.4. The lowest BCUT2D eigenvalue weighted by molar-refractivity contribution is -0.155. The number of carbonyl (C=O) groups is 1. The van der Waals surface area contributed by atoms with Crippen molar-refractivity contribution in [2.24, 2.45) is 0 Å². The van der Waals surface area contributed by atoms with Gasteiger partial charge in [-0.15, -0.1) is 0 Å². The van der Waals surface area contributed by atoms with Crippen LogP contribution in [0.25, 0.3) is 33.7 Å². The van der Waals surface area contributed by atoms with Gasteiger partial charge in [0.2, 0.25) is 5.82 Å². The first-order valence-electron chi connectivity index (χ1n) is 12.1. The van der Waals surface area contributed by atoms with Gasteiger partial charge in [-0.05, 0) is 69.3 Å². The predicted octanol–water partition coefficient (Wildman–Crippen LogP) is 7.62. The minimum Gasteiger partial charge on any atom is -0.460 e. The van der Waals surface area contributed by atoms with Gasteiger partial charge < -0.3 is 13.8 Å². The van der Waals surface area contributed by atoms with Crippen LogP contribution in [0.15, 0.2) is 47.0 Å². The zero-order valence-electron chi connectivity index (χ0n) is 21.1. The summed E-state index contributed by atoms with van der Waals surface area (Å²) >= 11 is 0. The fourth-order valence-corrected chi connectivity index (χ4v) is 4.79. The van der Waals surface area contributed by atoms with Crippen LogP contribution < -0.4 is 0 Å². The maximum atomic E-state index is 13.3. The van der Waals surface area contributed by atoms with Gasteiger partial charge in [0, 0.05) is 28.4 Å². The Kier molecular flexibility index (Phi) is 6.27. The van der Waals surface area contributed by atoms with Crippen molar-refractivity contribution in [2.45, 2.75) is 64.0 Å². The second kappa shape index (κ2) is 9.13. The molecular formula is C27H23F6N3O3. The monoisotopic (exact) mass is 551 g/mol. The van der Waals surface area contributed by atoms with E-state index >= 15 is 0 Å². The molecule has 3 heterocycles. The van der Waals surface area contributed by atoms with Crippen LogP contribution in [0.5, 0.6) is 0 Å². The van der Waals surface area contributed by atoms with Gasteiger partial charge in [-0.25, -0.2) is 0 Å². The highest BCUT2D eigenvalue weighted by molar-refractivity contribution is 5.86. The normalized spacial score (nSPS) is 16.1. The van der Waals surface area contributed by atoms with E-state index in [2.05, 4.69) is 10.1 Å². The Bertz CT molecular complexity index is 1530. The van der Waals surface area contributed by atoms with E-state index in [4.69, 9.17) is 9.26 Å². The number of rotatable bonds is 4. The van der Waals surface area contributed by atoms with Crippen molar-refractivity contribution >= 4 is 16.9 Å². The molecule has 2 aromatic heterocycles. The summed E-state index contributed by atoms with van der Waals surface area (Å²) in [6.07, 6.45) is -8.31. The zero-order valence-corrected chi connectivity index (χ0v) is 21.1. The second-order valence-corrected chi connectivity index (χ2v) is 10.5. The van der Waals surface area contributed by atoms with Gasteiger partial charge in [0.05, 0.1) is 17.5 Å². The lowest BCUT2D eigenvalue weighted by atomic mass is 10.0. The Morgan fingerprint density at radius 3 is 2.26 bits per heavy atom.